The maximum atomic E-state index is 12.7. The normalized spacial score (nSPS) is 16.2. The number of likely N-dealkylation sites (tertiary alicyclic amines) is 1. The van der Waals surface area contributed by atoms with Crippen LogP contribution < -0.4 is 20.9 Å². The molecule has 2 aliphatic rings. The Morgan fingerprint density at radius 2 is 1.57 bits per heavy atom. The predicted molar refractivity (Wildman–Crippen MR) is 175 cm³/mol. The summed E-state index contributed by atoms with van der Waals surface area (Å²) in [6, 6.07) is 17.9. The number of amides is 2. The molecular formula is C34H43N7O3. The Labute approximate surface area is 259 Å². The lowest BCUT2D eigenvalue weighted by atomic mass is 9.71. The topological polar surface area (TPSA) is 112 Å². The monoisotopic (exact) mass is 597 g/mol. The van der Waals surface area contributed by atoms with Gasteiger partial charge in [0.2, 0.25) is 5.95 Å². The van der Waals surface area contributed by atoms with Crippen LogP contribution >= 0.6 is 0 Å². The second-order valence-corrected chi connectivity index (χ2v) is 12.6. The minimum absolute atomic E-state index is 0.197. The van der Waals surface area contributed by atoms with Crippen LogP contribution in [-0.2, 0) is 4.74 Å². The van der Waals surface area contributed by atoms with Gasteiger partial charge in [0.15, 0.2) is 0 Å². The first-order chi connectivity index (χ1) is 21.1. The Balaban J connectivity index is 1.18. The lowest BCUT2D eigenvalue weighted by molar-refractivity contribution is 0.00665. The molecule has 10 heteroatoms. The maximum Gasteiger partial charge on any atom is 0.410 e. The van der Waals surface area contributed by atoms with Gasteiger partial charge in [-0.3, -0.25) is 4.79 Å². The van der Waals surface area contributed by atoms with Gasteiger partial charge in [-0.1, -0.05) is 24.3 Å². The third-order valence-electron chi connectivity index (χ3n) is 8.27. The summed E-state index contributed by atoms with van der Waals surface area (Å²) < 4.78 is 5.58. The SMILES string of the molecule is C=CCNC(=O)c1cnc(Nc2ccc(N3CCC4(CCN(C(=O)OC(C)(C)C)CC4)CC3)cc2)nc1Nc1ccccc1. The molecule has 0 bridgehead atoms. The molecule has 3 heterocycles. The van der Waals surface area contributed by atoms with Crippen molar-refractivity contribution >= 4 is 40.8 Å². The number of hydrogen-bond acceptors (Lipinski definition) is 8. The number of benzene rings is 2. The molecule has 2 aromatic carbocycles. The number of nitrogens with zero attached hydrogens (tertiary/aromatic N) is 4. The van der Waals surface area contributed by atoms with Crippen molar-refractivity contribution in [3.63, 3.8) is 0 Å². The van der Waals surface area contributed by atoms with Crippen LogP contribution in [0.25, 0.3) is 0 Å². The molecule has 0 saturated carbocycles. The molecule has 10 nitrogen and oxygen atoms in total. The van der Waals surface area contributed by atoms with Gasteiger partial charge in [-0.2, -0.15) is 4.98 Å². The fourth-order valence-corrected chi connectivity index (χ4v) is 5.74. The molecule has 3 aromatic rings. The minimum atomic E-state index is -0.466. The number of anilines is 5. The molecule has 2 amide bonds. The number of carbonyl (C=O) groups is 2. The Morgan fingerprint density at radius 1 is 0.932 bits per heavy atom. The molecule has 0 aliphatic carbocycles. The first-order valence-corrected chi connectivity index (χ1v) is 15.3. The van der Waals surface area contributed by atoms with E-state index in [4.69, 9.17) is 4.74 Å². The van der Waals surface area contributed by atoms with Crippen molar-refractivity contribution in [1.29, 1.82) is 0 Å². The fourth-order valence-electron chi connectivity index (χ4n) is 5.74. The highest BCUT2D eigenvalue weighted by molar-refractivity contribution is 5.99. The van der Waals surface area contributed by atoms with Gasteiger partial charge in [0.25, 0.3) is 5.91 Å². The van der Waals surface area contributed by atoms with Crippen molar-refractivity contribution in [1.82, 2.24) is 20.2 Å². The Morgan fingerprint density at radius 3 is 2.20 bits per heavy atom. The number of rotatable bonds is 8. The Hall–Kier alpha value is -4.60. The van der Waals surface area contributed by atoms with Crippen molar-refractivity contribution in [2.45, 2.75) is 52.1 Å². The van der Waals surface area contributed by atoms with Crippen molar-refractivity contribution in [2.75, 3.05) is 48.3 Å². The van der Waals surface area contributed by atoms with E-state index in [-0.39, 0.29) is 12.0 Å². The van der Waals surface area contributed by atoms with Crippen LogP contribution in [0.1, 0.15) is 56.8 Å². The summed E-state index contributed by atoms with van der Waals surface area (Å²) in [5.41, 5.74) is 3.02. The molecule has 2 saturated heterocycles. The maximum absolute atomic E-state index is 12.7. The largest absolute Gasteiger partial charge is 0.444 e. The molecule has 2 aliphatic heterocycles. The first kappa shape index (κ1) is 30.8. The fraction of sp³-hybridized carbons (Fsp3) is 0.412. The van der Waals surface area contributed by atoms with E-state index < -0.39 is 5.60 Å². The lowest BCUT2D eigenvalue weighted by Gasteiger charge is -2.47. The quantitative estimate of drug-likeness (QED) is 0.253. The number of aromatic nitrogens is 2. The van der Waals surface area contributed by atoms with E-state index in [0.29, 0.717) is 29.3 Å². The number of nitrogens with one attached hydrogen (secondary N) is 3. The molecule has 2 fully saturated rings. The molecule has 0 unspecified atom stereocenters. The molecule has 1 aromatic heterocycles. The Kier molecular flexibility index (Phi) is 9.37. The van der Waals surface area contributed by atoms with Gasteiger partial charge in [0.05, 0.1) is 0 Å². The van der Waals surface area contributed by atoms with Gasteiger partial charge in [-0.15, -0.1) is 6.58 Å². The second-order valence-electron chi connectivity index (χ2n) is 12.6. The molecule has 5 rings (SSSR count). The van der Waals surface area contributed by atoms with E-state index in [1.807, 2.05) is 68.1 Å². The number of ether oxygens (including phenoxy) is 1. The van der Waals surface area contributed by atoms with Crippen LogP contribution in [-0.4, -0.2) is 65.2 Å². The third-order valence-corrected chi connectivity index (χ3v) is 8.27. The zero-order chi connectivity index (χ0) is 31.2. The van der Waals surface area contributed by atoms with Crippen molar-refractivity contribution in [3.8, 4) is 0 Å². The van der Waals surface area contributed by atoms with E-state index in [2.05, 4.69) is 49.5 Å². The van der Waals surface area contributed by atoms with Crippen LogP contribution in [0.3, 0.4) is 0 Å². The van der Waals surface area contributed by atoms with Crippen molar-refractivity contribution in [3.05, 3.63) is 79.0 Å². The number of hydrogen-bond donors (Lipinski definition) is 3. The standard InChI is InChI=1S/C34H43N7O3/c1-5-19-35-30(42)28-24-36-31(39-29(28)37-25-9-7-6-8-10-25)38-26-11-13-27(14-12-26)40-20-15-34(16-21-40)17-22-41(23-18-34)32(43)44-33(2,3)4/h5-14,24H,1,15-23H2,2-4H3,(H,35,42)(H2,36,37,38,39). The Bertz CT molecular complexity index is 1440. The smallest absolute Gasteiger partial charge is 0.410 e. The zero-order valence-electron chi connectivity index (χ0n) is 25.9. The minimum Gasteiger partial charge on any atom is -0.444 e. The highest BCUT2D eigenvalue weighted by Gasteiger charge is 2.39. The van der Waals surface area contributed by atoms with Crippen LogP contribution in [0, 0.1) is 5.41 Å². The zero-order valence-corrected chi connectivity index (χ0v) is 25.9. The van der Waals surface area contributed by atoms with Crippen LogP contribution in [0.5, 0.6) is 0 Å². The summed E-state index contributed by atoms with van der Waals surface area (Å²) in [4.78, 5) is 38.6. The second kappa shape index (κ2) is 13.4. The summed E-state index contributed by atoms with van der Waals surface area (Å²) in [5, 5.41) is 9.30. The van der Waals surface area contributed by atoms with Crippen LogP contribution in [0.15, 0.2) is 73.4 Å². The molecule has 3 N–H and O–H groups in total. The number of piperidine rings is 2. The summed E-state index contributed by atoms with van der Waals surface area (Å²) in [6.45, 7) is 13.3. The van der Waals surface area contributed by atoms with Gasteiger partial charge < -0.3 is 30.5 Å². The first-order valence-electron chi connectivity index (χ1n) is 15.3. The highest BCUT2D eigenvalue weighted by Crippen LogP contribution is 2.42. The molecule has 1 spiro atoms. The van der Waals surface area contributed by atoms with E-state index in [1.165, 1.54) is 11.9 Å². The lowest BCUT2D eigenvalue weighted by Crippen LogP contribution is -2.49. The molecule has 0 radical (unpaired) electrons. The van der Waals surface area contributed by atoms with Gasteiger partial charge >= 0.3 is 6.09 Å². The average molecular weight is 598 g/mol. The summed E-state index contributed by atoms with van der Waals surface area (Å²) in [7, 11) is 0. The van der Waals surface area contributed by atoms with E-state index in [1.54, 1.807) is 6.08 Å². The van der Waals surface area contributed by atoms with E-state index in [9.17, 15) is 9.59 Å². The summed E-state index contributed by atoms with van der Waals surface area (Å²) >= 11 is 0. The van der Waals surface area contributed by atoms with Gasteiger partial charge in [-0.05, 0) is 88.3 Å². The van der Waals surface area contributed by atoms with Crippen molar-refractivity contribution in [2.24, 2.45) is 5.41 Å². The molecular weight excluding hydrogens is 554 g/mol. The number of carbonyl (C=O) groups excluding carboxylic acids is 2. The summed E-state index contributed by atoms with van der Waals surface area (Å²) in [6.07, 6.45) is 7.24. The molecule has 232 valence electrons. The predicted octanol–water partition coefficient (Wildman–Crippen LogP) is 6.50. The van der Waals surface area contributed by atoms with E-state index >= 15 is 0 Å². The molecule has 44 heavy (non-hydrogen) atoms. The van der Waals surface area contributed by atoms with E-state index in [0.717, 1.165) is 63.2 Å². The van der Waals surface area contributed by atoms with Gasteiger partial charge in [0, 0.05) is 56.0 Å². The van der Waals surface area contributed by atoms with Crippen molar-refractivity contribution < 1.29 is 14.3 Å². The average Bonchev–Trinajstić information content (AvgIpc) is 3.01. The summed E-state index contributed by atoms with van der Waals surface area (Å²) in [5.74, 6) is 0.510. The number of para-hydroxylation sites is 1. The van der Waals surface area contributed by atoms with Crippen LogP contribution in [0.2, 0.25) is 0 Å². The third kappa shape index (κ3) is 7.86. The van der Waals surface area contributed by atoms with Gasteiger partial charge in [-0.25, -0.2) is 9.78 Å². The molecule has 0 atom stereocenters. The van der Waals surface area contributed by atoms with Crippen LogP contribution in [0.4, 0.5) is 33.6 Å². The van der Waals surface area contributed by atoms with Gasteiger partial charge in [0.1, 0.15) is 17.0 Å². The highest BCUT2D eigenvalue weighted by atomic mass is 16.6.